The van der Waals surface area contributed by atoms with Crippen LogP contribution in [-0.4, -0.2) is 23.7 Å². The lowest BCUT2D eigenvalue weighted by Crippen LogP contribution is -2.13. The second-order valence-electron chi connectivity index (χ2n) is 5.01. The maximum absolute atomic E-state index is 11.9. The minimum absolute atomic E-state index is 0.0442. The standard InChI is InChI=1S/C16H23NO4/c1-2-3-4-5-6-7-10-21-16(20)13-9-8-12(17)11-14(13)15(18)19/h8-9,11H,2-7,10,17H2,1H3,(H,18,19). The third-order valence-corrected chi connectivity index (χ3v) is 3.22. The van der Waals surface area contributed by atoms with Gasteiger partial charge >= 0.3 is 11.9 Å². The van der Waals surface area contributed by atoms with Crippen LogP contribution in [0.3, 0.4) is 0 Å². The largest absolute Gasteiger partial charge is 0.478 e. The van der Waals surface area contributed by atoms with Crippen molar-refractivity contribution in [1.82, 2.24) is 0 Å². The Labute approximate surface area is 125 Å². The van der Waals surface area contributed by atoms with Crippen molar-refractivity contribution in [2.24, 2.45) is 0 Å². The summed E-state index contributed by atoms with van der Waals surface area (Å²) in [5.41, 5.74) is 5.76. The number of hydrogen-bond donors (Lipinski definition) is 2. The molecule has 0 atom stereocenters. The van der Waals surface area contributed by atoms with Gasteiger partial charge in [0.15, 0.2) is 0 Å². The van der Waals surface area contributed by atoms with E-state index in [1.165, 1.54) is 37.5 Å². The number of hydrogen-bond acceptors (Lipinski definition) is 4. The molecule has 0 aliphatic rings. The highest BCUT2D eigenvalue weighted by Crippen LogP contribution is 2.15. The first-order chi connectivity index (χ1) is 10.1. The van der Waals surface area contributed by atoms with Crippen LogP contribution in [0.5, 0.6) is 0 Å². The van der Waals surface area contributed by atoms with Gasteiger partial charge in [0.1, 0.15) is 0 Å². The highest BCUT2D eigenvalue weighted by atomic mass is 16.5. The average Bonchev–Trinajstić information content (AvgIpc) is 2.46. The van der Waals surface area contributed by atoms with E-state index in [0.717, 1.165) is 19.3 Å². The molecule has 3 N–H and O–H groups in total. The fourth-order valence-electron chi connectivity index (χ4n) is 2.04. The number of nitrogen functional groups attached to an aromatic ring is 1. The summed E-state index contributed by atoms with van der Waals surface area (Å²) >= 11 is 0. The highest BCUT2D eigenvalue weighted by Gasteiger charge is 2.17. The van der Waals surface area contributed by atoms with E-state index in [4.69, 9.17) is 15.6 Å². The normalized spacial score (nSPS) is 10.3. The summed E-state index contributed by atoms with van der Waals surface area (Å²) in [5.74, 6) is -1.80. The van der Waals surface area contributed by atoms with Crippen molar-refractivity contribution in [3.05, 3.63) is 29.3 Å². The Morgan fingerprint density at radius 1 is 1.10 bits per heavy atom. The molecule has 0 radical (unpaired) electrons. The first kappa shape index (κ1) is 17.0. The van der Waals surface area contributed by atoms with Crippen molar-refractivity contribution < 1.29 is 19.4 Å². The van der Waals surface area contributed by atoms with Gasteiger partial charge in [-0.05, 0) is 24.6 Å². The van der Waals surface area contributed by atoms with E-state index in [0.29, 0.717) is 12.3 Å². The fourth-order valence-corrected chi connectivity index (χ4v) is 2.04. The second-order valence-corrected chi connectivity index (χ2v) is 5.01. The molecule has 21 heavy (non-hydrogen) atoms. The van der Waals surface area contributed by atoms with E-state index < -0.39 is 11.9 Å². The Kier molecular flexibility index (Phi) is 7.29. The molecule has 1 aromatic rings. The van der Waals surface area contributed by atoms with E-state index in [-0.39, 0.29) is 11.1 Å². The maximum atomic E-state index is 11.9. The van der Waals surface area contributed by atoms with E-state index >= 15 is 0 Å². The second kappa shape index (κ2) is 9.00. The molecule has 0 saturated heterocycles. The molecular formula is C16H23NO4. The summed E-state index contributed by atoms with van der Waals surface area (Å²) in [6.45, 7) is 2.48. The third kappa shape index (κ3) is 5.85. The number of benzene rings is 1. The molecule has 0 aromatic heterocycles. The number of anilines is 1. The van der Waals surface area contributed by atoms with Gasteiger partial charge in [0, 0.05) is 5.69 Å². The Morgan fingerprint density at radius 2 is 1.76 bits per heavy atom. The molecule has 0 unspecified atom stereocenters. The molecule has 0 aliphatic carbocycles. The molecule has 116 valence electrons. The average molecular weight is 293 g/mol. The molecule has 5 nitrogen and oxygen atoms in total. The molecule has 5 heteroatoms. The van der Waals surface area contributed by atoms with Crippen LogP contribution in [0.15, 0.2) is 18.2 Å². The molecule has 1 rings (SSSR count). The van der Waals surface area contributed by atoms with Gasteiger partial charge in [-0.1, -0.05) is 39.0 Å². The first-order valence-electron chi connectivity index (χ1n) is 7.36. The van der Waals surface area contributed by atoms with Crippen LogP contribution in [0.2, 0.25) is 0 Å². The number of esters is 1. The van der Waals surface area contributed by atoms with Crippen molar-refractivity contribution in [2.75, 3.05) is 12.3 Å². The van der Waals surface area contributed by atoms with Crippen LogP contribution < -0.4 is 5.73 Å². The van der Waals surface area contributed by atoms with E-state index in [9.17, 15) is 9.59 Å². The van der Waals surface area contributed by atoms with Gasteiger partial charge < -0.3 is 15.6 Å². The van der Waals surface area contributed by atoms with Gasteiger partial charge in [-0.15, -0.1) is 0 Å². The summed E-state index contributed by atoms with van der Waals surface area (Å²) in [6, 6.07) is 4.15. The van der Waals surface area contributed by atoms with Crippen molar-refractivity contribution in [1.29, 1.82) is 0 Å². The maximum Gasteiger partial charge on any atom is 0.339 e. The highest BCUT2D eigenvalue weighted by molar-refractivity contribution is 6.03. The quantitative estimate of drug-likeness (QED) is 0.413. The van der Waals surface area contributed by atoms with Gasteiger partial charge in [0.2, 0.25) is 0 Å². The molecule has 1 aromatic carbocycles. The number of unbranched alkanes of at least 4 members (excludes halogenated alkanes) is 5. The lowest BCUT2D eigenvalue weighted by atomic mass is 10.1. The summed E-state index contributed by atoms with van der Waals surface area (Å²) in [7, 11) is 0. The van der Waals surface area contributed by atoms with Crippen molar-refractivity contribution in [3.63, 3.8) is 0 Å². The van der Waals surface area contributed by atoms with Crippen LogP contribution in [0, 0.1) is 0 Å². The number of nitrogens with two attached hydrogens (primary N) is 1. The van der Waals surface area contributed by atoms with Gasteiger partial charge in [-0.2, -0.15) is 0 Å². The Bertz CT molecular complexity index is 485. The van der Waals surface area contributed by atoms with E-state index in [1.807, 2.05) is 0 Å². The topological polar surface area (TPSA) is 89.6 Å². The predicted molar refractivity (Wildman–Crippen MR) is 81.5 cm³/mol. The summed E-state index contributed by atoms with van der Waals surface area (Å²) in [5, 5.41) is 9.07. The van der Waals surface area contributed by atoms with Crippen molar-refractivity contribution in [3.8, 4) is 0 Å². The van der Waals surface area contributed by atoms with Crippen LogP contribution in [0.1, 0.15) is 66.2 Å². The lowest BCUT2D eigenvalue weighted by Gasteiger charge is -2.08. The first-order valence-corrected chi connectivity index (χ1v) is 7.36. The van der Waals surface area contributed by atoms with Crippen LogP contribution in [0.4, 0.5) is 5.69 Å². The predicted octanol–water partition coefficient (Wildman–Crippen LogP) is 3.48. The fraction of sp³-hybridized carbons (Fsp3) is 0.500. The lowest BCUT2D eigenvalue weighted by molar-refractivity contribution is 0.0487. The molecular weight excluding hydrogens is 270 g/mol. The Hall–Kier alpha value is -2.04. The smallest absolute Gasteiger partial charge is 0.339 e. The van der Waals surface area contributed by atoms with Gasteiger partial charge in [-0.25, -0.2) is 9.59 Å². The zero-order chi connectivity index (χ0) is 15.7. The van der Waals surface area contributed by atoms with Crippen molar-refractivity contribution >= 4 is 17.6 Å². The SMILES string of the molecule is CCCCCCCCOC(=O)c1ccc(N)cc1C(=O)O. The van der Waals surface area contributed by atoms with E-state index in [2.05, 4.69) is 6.92 Å². The van der Waals surface area contributed by atoms with Gasteiger partial charge in [-0.3, -0.25) is 0 Å². The molecule has 0 amide bonds. The number of aromatic carboxylic acids is 1. The molecule has 0 heterocycles. The number of ether oxygens (including phenoxy) is 1. The Morgan fingerprint density at radius 3 is 2.43 bits per heavy atom. The van der Waals surface area contributed by atoms with Crippen molar-refractivity contribution in [2.45, 2.75) is 45.4 Å². The zero-order valence-electron chi connectivity index (χ0n) is 12.4. The zero-order valence-corrected chi connectivity index (χ0v) is 12.4. The third-order valence-electron chi connectivity index (χ3n) is 3.22. The number of carboxylic acid groups (broad SMARTS) is 1. The number of carboxylic acids is 1. The van der Waals surface area contributed by atoms with E-state index in [1.54, 1.807) is 0 Å². The Balaban J connectivity index is 2.44. The molecule has 0 bridgehead atoms. The molecule has 0 spiro atoms. The monoisotopic (exact) mass is 293 g/mol. The minimum Gasteiger partial charge on any atom is -0.478 e. The van der Waals surface area contributed by atoms with Crippen LogP contribution in [-0.2, 0) is 4.74 Å². The van der Waals surface area contributed by atoms with Gasteiger partial charge in [0.25, 0.3) is 0 Å². The molecule has 0 fully saturated rings. The number of rotatable bonds is 9. The van der Waals surface area contributed by atoms with Crippen LogP contribution in [0.25, 0.3) is 0 Å². The molecule has 0 saturated carbocycles. The summed E-state index contributed by atoms with van der Waals surface area (Å²) in [4.78, 5) is 23.0. The number of carbonyl (C=O) groups is 2. The summed E-state index contributed by atoms with van der Waals surface area (Å²) in [6.07, 6.45) is 6.57. The number of carbonyl (C=O) groups excluding carboxylic acids is 1. The summed E-state index contributed by atoms with van der Waals surface area (Å²) < 4.78 is 5.12. The van der Waals surface area contributed by atoms with Crippen LogP contribution >= 0.6 is 0 Å². The minimum atomic E-state index is -1.19. The van der Waals surface area contributed by atoms with Gasteiger partial charge in [0.05, 0.1) is 17.7 Å². The molecule has 0 aliphatic heterocycles.